The first-order chi connectivity index (χ1) is 11.1. The predicted octanol–water partition coefficient (Wildman–Crippen LogP) is 2.69. The molecule has 1 heterocycles. The van der Waals surface area contributed by atoms with E-state index in [1.54, 1.807) is 25.1 Å². The Balaban J connectivity index is 1.87. The Labute approximate surface area is 132 Å². The van der Waals surface area contributed by atoms with Crippen molar-refractivity contribution >= 4 is 24.2 Å². The lowest BCUT2D eigenvalue weighted by Gasteiger charge is -2.30. The highest BCUT2D eigenvalue weighted by Gasteiger charge is 2.26. The SMILES string of the molecule is Cc1ccc(F)cc1C(=O)NN1C=Nc2ccccc2C1C=O. The van der Waals surface area contributed by atoms with Gasteiger partial charge in [-0.15, -0.1) is 0 Å². The number of carbonyl (C=O) groups is 2. The average molecular weight is 311 g/mol. The first-order valence-electron chi connectivity index (χ1n) is 7.04. The molecule has 1 aliphatic heterocycles. The number of para-hydroxylation sites is 1. The highest BCUT2D eigenvalue weighted by Crippen LogP contribution is 2.30. The van der Waals surface area contributed by atoms with Crippen LogP contribution in [-0.4, -0.2) is 23.5 Å². The Kier molecular flexibility index (Phi) is 3.89. The van der Waals surface area contributed by atoms with Crippen LogP contribution >= 0.6 is 0 Å². The number of hydrogen-bond acceptors (Lipinski definition) is 4. The summed E-state index contributed by atoms with van der Waals surface area (Å²) in [7, 11) is 0. The summed E-state index contributed by atoms with van der Waals surface area (Å²) < 4.78 is 13.3. The van der Waals surface area contributed by atoms with Crippen molar-refractivity contribution in [2.45, 2.75) is 13.0 Å². The van der Waals surface area contributed by atoms with Gasteiger partial charge in [0.1, 0.15) is 24.5 Å². The zero-order valence-electron chi connectivity index (χ0n) is 12.4. The maximum atomic E-state index is 13.3. The minimum Gasteiger partial charge on any atom is -0.301 e. The van der Waals surface area contributed by atoms with Gasteiger partial charge in [0.15, 0.2) is 0 Å². The number of halogens is 1. The number of hydrogen-bond donors (Lipinski definition) is 1. The quantitative estimate of drug-likeness (QED) is 0.887. The molecule has 2 aromatic rings. The van der Waals surface area contributed by atoms with Crippen molar-refractivity contribution in [2.24, 2.45) is 4.99 Å². The summed E-state index contributed by atoms with van der Waals surface area (Å²) in [5, 5.41) is 1.32. The van der Waals surface area contributed by atoms with Crippen LogP contribution in [0.4, 0.5) is 10.1 Å². The molecule has 23 heavy (non-hydrogen) atoms. The van der Waals surface area contributed by atoms with Crippen LogP contribution in [0.3, 0.4) is 0 Å². The van der Waals surface area contributed by atoms with Gasteiger partial charge < -0.3 is 4.79 Å². The Morgan fingerprint density at radius 2 is 2.09 bits per heavy atom. The molecule has 0 bridgehead atoms. The molecule has 0 saturated heterocycles. The number of fused-ring (bicyclic) bond motifs is 1. The molecule has 3 rings (SSSR count). The molecule has 1 aliphatic rings. The lowest BCUT2D eigenvalue weighted by Crippen LogP contribution is -2.45. The van der Waals surface area contributed by atoms with Crippen LogP contribution in [0.1, 0.15) is 27.5 Å². The lowest BCUT2D eigenvalue weighted by molar-refractivity contribution is -0.111. The van der Waals surface area contributed by atoms with Crippen molar-refractivity contribution < 1.29 is 14.0 Å². The van der Waals surface area contributed by atoms with E-state index in [1.165, 1.54) is 23.5 Å². The van der Waals surface area contributed by atoms with E-state index >= 15 is 0 Å². The maximum Gasteiger partial charge on any atom is 0.270 e. The number of hydrazine groups is 1. The third kappa shape index (κ3) is 2.83. The Morgan fingerprint density at radius 3 is 2.87 bits per heavy atom. The second-order valence-corrected chi connectivity index (χ2v) is 5.19. The van der Waals surface area contributed by atoms with Gasteiger partial charge >= 0.3 is 0 Å². The number of nitrogens with one attached hydrogen (secondary N) is 1. The second kappa shape index (κ2) is 6.00. The molecular formula is C17H14FN3O2. The topological polar surface area (TPSA) is 61.8 Å². The molecular weight excluding hydrogens is 297 g/mol. The van der Waals surface area contributed by atoms with E-state index in [-0.39, 0.29) is 5.56 Å². The van der Waals surface area contributed by atoms with Crippen LogP contribution in [0.25, 0.3) is 0 Å². The van der Waals surface area contributed by atoms with Crippen LogP contribution in [0, 0.1) is 12.7 Å². The second-order valence-electron chi connectivity index (χ2n) is 5.19. The van der Waals surface area contributed by atoms with E-state index in [9.17, 15) is 14.0 Å². The van der Waals surface area contributed by atoms with Gasteiger partial charge in [-0.05, 0) is 30.7 Å². The molecule has 1 atom stereocenters. The van der Waals surface area contributed by atoms with Gasteiger partial charge in [-0.25, -0.2) is 9.38 Å². The lowest BCUT2D eigenvalue weighted by atomic mass is 10.0. The molecule has 5 nitrogen and oxygen atoms in total. The van der Waals surface area contributed by atoms with E-state index < -0.39 is 17.8 Å². The fourth-order valence-corrected chi connectivity index (χ4v) is 2.45. The zero-order valence-corrected chi connectivity index (χ0v) is 12.4. The van der Waals surface area contributed by atoms with Gasteiger partial charge in [0.05, 0.1) is 5.69 Å². The predicted molar refractivity (Wildman–Crippen MR) is 83.8 cm³/mol. The number of rotatable bonds is 3. The summed E-state index contributed by atoms with van der Waals surface area (Å²) >= 11 is 0. The number of aryl methyl sites for hydroxylation is 1. The van der Waals surface area contributed by atoms with E-state index in [0.717, 1.165) is 12.4 Å². The standard InChI is InChI=1S/C17H14FN3O2/c1-11-6-7-12(18)8-14(11)17(23)20-21-10-19-15-5-3-2-4-13(15)16(21)9-22/h2-10,16H,1H3,(H,20,23). The van der Waals surface area contributed by atoms with Crippen molar-refractivity contribution in [3.05, 3.63) is 65.0 Å². The highest BCUT2D eigenvalue weighted by molar-refractivity contribution is 5.96. The van der Waals surface area contributed by atoms with Gasteiger partial charge in [0.25, 0.3) is 5.91 Å². The molecule has 2 aromatic carbocycles. The van der Waals surface area contributed by atoms with Crippen LogP contribution in [0.5, 0.6) is 0 Å². The normalized spacial score (nSPS) is 15.9. The molecule has 0 saturated carbocycles. The van der Waals surface area contributed by atoms with Crippen LogP contribution in [0.15, 0.2) is 47.5 Å². The minimum absolute atomic E-state index is 0.210. The number of aliphatic imine (C=N–C) groups is 1. The first-order valence-corrected chi connectivity index (χ1v) is 7.04. The van der Waals surface area contributed by atoms with Gasteiger partial charge in [-0.3, -0.25) is 15.2 Å². The molecule has 0 aromatic heterocycles. The number of amides is 1. The summed E-state index contributed by atoms with van der Waals surface area (Å²) in [5.41, 5.74) is 4.82. The summed E-state index contributed by atoms with van der Waals surface area (Å²) in [6.45, 7) is 1.71. The molecule has 6 heteroatoms. The van der Waals surface area contributed by atoms with Crippen molar-refractivity contribution in [2.75, 3.05) is 0 Å². The molecule has 0 spiro atoms. The Morgan fingerprint density at radius 1 is 1.30 bits per heavy atom. The monoisotopic (exact) mass is 311 g/mol. The minimum atomic E-state index is -0.679. The van der Waals surface area contributed by atoms with E-state index in [0.29, 0.717) is 16.8 Å². The Bertz CT molecular complexity index is 804. The smallest absolute Gasteiger partial charge is 0.270 e. The van der Waals surface area contributed by atoms with Gasteiger partial charge in [-0.1, -0.05) is 24.3 Å². The molecule has 0 aliphatic carbocycles. The summed E-state index contributed by atoms with van der Waals surface area (Å²) in [5.74, 6) is -0.995. The Hall–Kier alpha value is -3.02. The number of aldehydes is 1. The fourth-order valence-electron chi connectivity index (χ4n) is 2.45. The van der Waals surface area contributed by atoms with E-state index in [1.807, 2.05) is 6.07 Å². The number of carbonyl (C=O) groups excluding carboxylic acids is 2. The molecule has 0 fully saturated rings. The average Bonchev–Trinajstić information content (AvgIpc) is 2.56. The summed E-state index contributed by atoms with van der Waals surface area (Å²) in [6.07, 6.45) is 2.11. The van der Waals surface area contributed by atoms with Gasteiger partial charge in [0, 0.05) is 11.1 Å². The molecule has 116 valence electrons. The van der Waals surface area contributed by atoms with Crippen LogP contribution in [-0.2, 0) is 4.79 Å². The molecule has 1 unspecified atom stereocenters. The fraction of sp³-hybridized carbons (Fsp3) is 0.118. The van der Waals surface area contributed by atoms with Crippen molar-refractivity contribution in [1.82, 2.24) is 10.4 Å². The van der Waals surface area contributed by atoms with Crippen LogP contribution < -0.4 is 5.43 Å². The zero-order chi connectivity index (χ0) is 16.4. The molecule has 1 N–H and O–H groups in total. The molecule has 0 radical (unpaired) electrons. The summed E-state index contributed by atoms with van der Waals surface area (Å²) in [4.78, 5) is 28.0. The van der Waals surface area contributed by atoms with Crippen molar-refractivity contribution in [3.63, 3.8) is 0 Å². The largest absolute Gasteiger partial charge is 0.301 e. The number of nitrogens with zero attached hydrogens (tertiary/aromatic N) is 2. The number of benzene rings is 2. The van der Waals surface area contributed by atoms with Gasteiger partial charge in [-0.2, -0.15) is 0 Å². The third-order valence-electron chi connectivity index (χ3n) is 3.68. The van der Waals surface area contributed by atoms with Crippen molar-refractivity contribution in [1.29, 1.82) is 0 Å². The molecule has 1 amide bonds. The highest BCUT2D eigenvalue weighted by atomic mass is 19.1. The van der Waals surface area contributed by atoms with Gasteiger partial charge in [0.2, 0.25) is 0 Å². The maximum absolute atomic E-state index is 13.3. The van der Waals surface area contributed by atoms with E-state index in [4.69, 9.17) is 0 Å². The van der Waals surface area contributed by atoms with E-state index in [2.05, 4.69) is 10.4 Å². The van der Waals surface area contributed by atoms with Crippen LogP contribution in [0.2, 0.25) is 0 Å². The van der Waals surface area contributed by atoms with Crippen molar-refractivity contribution in [3.8, 4) is 0 Å². The summed E-state index contributed by atoms with van der Waals surface area (Å²) in [6, 6.07) is 10.5. The first kappa shape index (κ1) is 14.9. The third-order valence-corrected chi connectivity index (χ3v) is 3.68.